The Morgan fingerprint density at radius 2 is 1.83 bits per heavy atom. The maximum absolute atomic E-state index is 11.8. The molecule has 0 amide bonds. The minimum absolute atomic E-state index is 0.0901. The molecule has 0 radical (unpaired) electrons. The molecular weight excluding hydrogens is 320 g/mol. The van der Waals surface area contributed by atoms with Gasteiger partial charge in [0.15, 0.2) is 11.5 Å². The highest BCUT2D eigenvalue weighted by Crippen LogP contribution is 2.28. The number of phenols is 2. The molecule has 0 bridgehead atoms. The van der Waals surface area contributed by atoms with Crippen molar-refractivity contribution in [3.05, 3.63) is 29.8 Å². The van der Waals surface area contributed by atoms with Gasteiger partial charge in [-0.1, -0.05) is 6.07 Å². The van der Waals surface area contributed by atoms with Crippen LogP contribution in [0.1, 0.15) is 18.4 Å². The van der Waals surface area contributed by atoms with Gasteiger partial charge in [-0.3, -0.25) is 4.79 Å². The van der Waals surface area contributed by atoms with Crippen LogP contribution < -0.4 is 0 Å². The van der Waals surface area contributed by atoms with Crippen LogP contribution in [0.4, 0.5) is 0 Å². The second-order valence-electron chi connectivity index (χ2n) is 5.62. The average Bonchev–Trinajstić information content (AvgIpc) is 2.52. The van der Waals surface area contributed by atoms with Crippen molar-refractivity contribution in [3.8, 4) is 11.5 Å². The summed E-state index contributed by atoms with van der Waals surface area (Å²) < 4.78 is 5.02. The summed E-state index contributed by atoms with van der Waals surface area (Å²) in [6, 6.07) is 3.94. The van der Waals surface area contributed by atoms with E-state index in [1.165, 1.54) is 24.3 Å². The van der Waals surface area contributed by atoms with Gasteiger partial charge in [0, 0.05) is 12.5 Å². The molecule has 1 aromatic rings. The van der Waals surface area contributed by atoms with E-state index in [0.717, 1.165) is 6.08 Å². The molecule has 4 atom stereocenters. The normalized spacial score (nSPS) is 27.1. The largest absolute Gasteiger partial charge is 0.504 e. The number of carboxylic acid groups (broad SMARTS) is 1. The Morgan fingerprint density at radius 1 is 1.12 bits per heavy atom. The maximum Gasteiger partial charge on any atom is 0.331 e. The van der Waals surface area contributed by atoms with Gasteiger partial charge in [-0.25, -0.2) is 4.79 Å². The Balaban J connectivity index is 2.00. The summed E-state index contributed by atoms with van der Waals surface area (Å²) in [5.41, 5.74) is 0.426. The smallest absolute Gasteiger partial charge is 0.331 e. The van der Waals surface area contributed by atoms with Crippen LogP contribution in [-0.2, 0) is 14.3 Å². The monoisotopic (exact) mass is 338 g/mol. The van der Waals surface area contributed by atoms with Crippen molar-refractivity contribution >= 4 is 18.0 Å². The predicted octanol–water partition coefficient (Wildman–Crippen LogP) is 0.239. The second kappa shape index (κ2) is 7.33. The molecule has 0 unspecified atom stereocenters. The number of hydrogen-bond acceptors (Lipinski definition) is 7. The lowest BCUT2D eigenvalue weighted by molar-refractivity contribution is -0.169. The summed E-state index contributed by atoms with van der Waals surface area (Å²) in [4.78, 5) is 22.8. The van der Waals surface area contributed by atoms with Gasteiger partial charge in [-0.15, -0.1) is 0 Å². The highest BCUT2D eigenvalue weighted by molar-refractivity contribution is 5.87. The van der Waals surface area contributed by atoms with Gasteiger partial charge in [0.05, 0.1) is 12.0 Å². The summed E-state index contributed by atoms with van der Waals surface area (Å²) in [6.07, 6.45) is -1.59. The maximum atomic E-state index is 11.8. The molecule has 8 heteroatoms. The zero-order valence-corrected chi connectivity index (χ0v) is 12.6. The van der Waals surface area contributed by atoms with E-state index in [4.69, 9.17) is 9.84 Å². The van der Waals surface area contributed by atoms with Gasteiger partial charge in [0.1, 0.15) is 12.2 Å². The summed E-state index contributed by atoms with van der Waals surface area (Å²) in [5.74, 6) is -3.50. The van der Waals surface area contributed by atoms with Crippen LogP contribution in [0.2, 0.25) is 0 Å². The first kappa shape index (κ1) is 17.8. The lowest BCUT2D eigenvalue weighted by Crippen LogP contribution is -2.48. The molecule has 0 heterocycles. The number of carbonyl (C=O) groups excluding carboxylic acids is 1. The molecule has 5 N–H and O–H groups in total. The van der Waals surface area contributed by atoms with Crippen LogP contribution in [0.25, 0.3) is 6.08 Å². The van der Waals surface area contributed by atoms with E-state index in [-0.39, 0.29) is 24.3 Å². The summed E-state index contributed by atoms with van der Waals surface area (Å²) in [7, 11) is 0. The van der Waals surface area contributed by atoms with E-state index in [0.29, 0.717) is 5.56 Å². The van der Waals surface area contributed by atoms with Crippen molar-refractivity contribution in [3.63, 3.8) is 0 Å². The molecular formula is C16H18O8. The molecule has 130 valence electrons. The minimum Gasteiger partial charge on any atom is -0.504 e. The Bertz CT molecular complexity index is 653. The molecule has 24 heavy (non-hydrogen) atoms. The van der Waals surface area contributed by atoms with Gasteiger partial charge in [-0.2, -0.15) is 0 Å². The summed E-state index contributed by atoms with van der Waals surface area (Å²) in [6.45, 7) is 0. The number of esters is 1. The number of phenolic OH excluding ortho intramolecular Hbond substituents is 2. The summed E-state index contributed by atoms with van der Waals surface area (Å²) >= 11 is 0. The van der Waals surface area contributed by atoms with E-state index in [9.17, 15) is 30.0 Å². The molecule has 8 nitrogen and oxygen atoms in total. The van der Waals surface area contributed by atoms with Crippen LogP contribution in [0.3, 0.4) is 0 Å². The Kier molecular flexibility index (Phi) is 5.42. The lowest BCUT2D eigenvalue weighted by atomic mass is 9.83. The van der Waals surface area contributed by atoms with Crippen LogP contribution in [0, 0.1) is 5.92 Å². The summed E-state index contributed by atoms with van der Waals surface area (Å²) in [5, 5.41) is 47.1. The van der Waals surface area contributed by atoms with Crippen LogP contribution in [0.15, 0.2) is 24.3 Å². The predicted molar refractivity (Wildman–Crippen MR) is 81.1 cm³/mol. The minimum atomic E-state index is -1.35. The van der Waals surface area contributed by atoms with Gasteiger partial charge < -0.3 is 30.3 Å². The molecule has 1 aliphatic carbocycles. The fourth-order valence-electron chi connectivity index (χ4n) is 2.51. The number of ether oxygens (including phenoxy) is 1. The first-order valence-corrected chi connectivity index (χ1v) is 7.27. The number of aromatic hydroxyl groups is 2. The van der Waals surface area contributed by atoms with Crippen molar-refractivity contribution in [1.29, 1.82) is 0 Å². The Labute approximate surface area is 137 Å². The third-order valence-electron chi connectivity index (χ3n) is 3.85. The molecule has 0 aromatic heterocycles. The average molecular weight is 338 g/mol. The van der Waals surface area contributed by atoms with E-state index >= 15 is 0 Å². The zero-order chi connectivity index (χ0) is 17.9. The fraction of sp³-hybridized carbons (Fsp3) is 0.375. The SMILES string of the molecule is O=C(/C=C/c1ccc(O)c(O)c1)O[C@@H]1C[C@@H](C(=O)O)C[C@@H](O)[C@@H]1O. The zero-order valence-electron chi connectivity index (χ0n) is 12.6. The molecule has 1 fully saturated rings. The quantitative estimate of drug-likeness (QED) is 0.298. The van der Waals surface area contributed by atoms with Gasteiger partial charge in [0.2, 0.25) is 0 Å². The van der Waals surface area contributed by atoms with Gasteiger partial charge in [0.25, 0.3) is 0 Å². The second-order valence-corrected chi connectivity index (χ2v) is 5.62. The lowest BCUT2D eigenvalue weighted by Gasteiger charge is -2.34. The number of carboxylic acids is 1. The van der Waals surface area contributed by atoms with Crippen LogP contribution in [0.5, 0.6) is 11.5 Å². The molecule has 1 saturated carbocycles. The Hall–Kier alpha value is -2.58. The standard InChI is InChI=1S/C16H18O8/c17-10-3-1-8(5-11(10)18)2-4-14(20)24-13-7-9(16(22)23)6-12(19)15(13)21/h1-5,9,12-13,15,17-19,21H,6-7H2,(H,22,23)/b4-2+/t9-,12+,13+,15-/m0/s1. The van der Waals surface area contributed by atoms with E-state index in [1.807, 2.05) is 0 Å². The molecule has 0 aliphatic heterocycles. The van der Waals surface area contributed by atoms with E-state index in [1.54, 1.807) is 0 Å². The van der Waals surface area contributed by atoms with Crippen molar-refractivity contribution in [2.45, 2.75) is 31.2 Å². The number of carbonyl (C=O) groups is 2. The number of aliphatic hydroxyl groups is 2. The highest BCUT2D eigenvalue weighted by Gasteiger charge is 2.40. The first-order chi connectivity index (χ1) is 11.3. The molecule has 1 aliphatic rings. The molecule has 2 rings (SSSR count). The molecule has 1 aromatic carbocycles. The molecule has 0 spiro atoms. The van der Waals surface area contributed by atoms with E-state index < -0.39 is 36.2 Å². The Morgan fingerprint density at radius 3 is 2.46 bits per heavy atom. The number of rotatable bonds is 4. The van der Waals surface area contributed by atoms with Crippen LogP contribution >= 0.6 is 0 Å². The van der Waals surface area contributed by atoms with Gasteiger partial charge >= 0.3 is 11.9 Å². The number of hydrogen-bond donors (Lipinski definition) is 5. The third kappa shape index (κ3) is 4.24. The van der Waals surface area contributed by atoms with Crippen molar-refractivity contribution in [2.24, 2.45) is 5.92 Å². The topological polar surface area (TPSA) is 145 Å². The third-order valence-corrected chi connectivity index (χ3v) is 3.85. The first-order valence-electron chi connectivity index (χ1n) is 7.27. The van der Waals surface area contributed by atoms with Crippen LogP contribution in [-0.4, -0.2) is 55.8 Å². The number of aliphatic hydroxyl groups excluding tert-OH is 2. The molecule has 0 saturated heterocycles. The van der Waals surface area contributed by atoms with Crippen molar-refractivity contribution in [1.82, 2.24) is 0 Å². The highest BCUT2D eigenvalue weighted by atomic mass is 16.6. The van der Waals surface area contributed by atoms with Crippen molar-refractivity contribution in [2.75, 3.05) is 0 Å². The number of aliphatic carboxylic acids is 1. The van der Waals surface area contributed by atoms with E-state index in [2.05, 4.69) is 0 Å². The van der Waals surface area contributed by atoms with Crippen molar-refractivity contribution < 1.29 is 39.9 Å². The fourth-order valence-corrected chi connectivity index (χ4v) is 2.51. The number of benzene rings is 1. The van der Waals surface area contributed by atoms with Gasteiger partial charge in [-0.05, 0) is 30.2 Å².